The van der Waals surface area contributed by atoms with Gasteiger partial charge in [0, 0.05) is 35.1 Å². The van der Waals surface area contributed by atoms with E-state index in [0.29, 0.717) is 0 Å². The monoisotopic (exact) mass is 270 g/mol. The molecule has 1 N–H and O–H groups in total. The van der Waals surface area contributed by atoms with E-state index in [1.54, 1.807) is 10.4 Å². The van der Waals surface area contributed by atoms with Crippen LogP contribution < -0.4 is 5.32 Å². The highest BCUT2D eigenvalue weighted by Crippen LogP contribution is 2.31. The molecule has 4 heteroatoms. The standard InChI is InChI=1S/C13H22N2S2/c1-3-15(2)6-5-14-9-12-8-11-10-16-7-4-13(11)17-12/h8,14H,3-7,9-10H2,1-2H3. The lowest BCUT2D eigenvalue weighted by Gasteiger charge is -2.13. The van der Waals surface area contributed by atoms with Crippen molar-refractivity contribution in [1.29, 1.82) is 0 Å². The predicted octanol–water partition coefficient (Wildman–Crippen LogP) is 2.58. The molecule has 0 amide bonds. The van der Waals surface area contributed by atoms with Gasteiger partial charge in [-0.2, -0.15) is 11.8 Å². The van der Waals surface area contributed by atoms with Gasteiger partial charge in [0.05, 0.1) is 0 Å². The second kappa shape index (κ2) is 6.78. The van der Waals surface area contributed by atoms with E-state index in [9.17, 15) is 0 Å². The zero-order valence-corrected chi connectivity index (χ0v) is 12.4. The summed E-state index contributed by atoms with van der Waals surface area (Å²) in [4.78, 5) is 5.48. The molecule has 1 aliphatic rings. The number of aryl methyl sites for hydroxylation is 1. The number of thioether (sulfide) groups is 1. The third-order valence-corrected chi connectivity index (χ3v) is 5.43. The molecule has 2 heterocycles. The SMILES string of the molecule is CCN(C)CCNCc1cc2c(s1)CCSC2. The lowest BCUT2D eigenvalue weighted by atomic mass is 10.2. The lowest BCUT2D eigenvalue weighted by Crippen LogP contribution is -2.28. The van der Waals surface area contributed by atoms with Crippen LogP contribution in [0.3, 0.4) is 0 Å². The molecule has 17 heavy (non-hydrogen) atoms. The van der Waals surface area contributed by atoms with Crippen molar-refractivity contribution in [2.75, 3.05) is 32.4 Å². The molecule has 1 aromatic heterocycles. The fraction of sp³-hybridized carbons (Fsp3) is 0.692. The molecule has 1 aromatic rings. The number of hydrogen-bond donors (Lipinski definition) is 1. The first-order valence-electron chi connectivity index (χ1n) is 6.37. The third-order valence-electron chi connectivity index (χ3n) is 3.19. The zero-order valence-electron chi connectivity index (χ0n) is 10.8. The Balaban J connectivity index is 1.74. The molecule has 0 bridgehead atoms. The van der Waals surface area contributed by atoms with E-state index in [-0.39, 0.29) is 0 Å². The van der Waals surface area contributed by atoms with Crippen LogP contribution in [0.25, 0.3) is 0 Å². The van der Waals surface area contributed by atoms with Gasteiger partial charge >= 0.3 is 0 Å². The molecule has 0 spiro atoms. The minimum absolute atomic E-state index is 1.04. The van der Waals surface area contributed by atoms with Crippen molar-refractivity contribution < 1.29 is 0 Å². The number of fused-ring (bicyclic) bond motifs is 1. The van der Waals surface area contributed by atoms with Gasteiger partial charge in [-0.1, -0.05) is 6.92 Å². The molecule has 0 unspecified atom stereocenters. The van der Waals surface area contributed by atoms with E-state index >= 15 is 0 Å². The number of thiophene rings is 1. The summed E-state index contributed by atoms with van der Waals surface area (Å²) in [5.74, 6) is 2.53. The first-order chi connectivity index (χ1) is 8.29. The van der Waals surface area contributed by atoms with Gasteiger partial charge in [0.25, 0.3) is 0 Å². The summed E-state index contributed by atoms with van der Waals surface area (Å²) in [6, 6.07) is 2.41. The Bertz CT molecular complexity index is 326. The van der Waals surface area contributed by atoms with E-state index in [2.05, 4.69) is 42.0 Å². The van der Waals surface area contributed by atoms with E-state index in [4.69, 9.17) is 0 Å². The minimum atomic E-state index is 1.04. The maximum atomic E-state index is 3.54. The number of hydrogen-bond acceptors (Lipinski definition) is 4. The van der Waals surface area contributed by atoms with E-state index in [1.807, 2.05) is 11.3 Å². The van der Waals surface area contributed by atoms with Crippen molar-refractivity contribution in [1.82, 2.24) is 10.2 Å². The fourth-order valence-corrected chi connectivity index (χ4v) is 4.28. The van der Waals surface area contributed by atoms with Crippen LogP contribution in [0.1, 0.15) is 22.2 Å². The Labute approximate surface area is 113 Å². The molecule has 1 aliphatic heterocycles. The predicted molar refractivity (Wildman–Crippen MR) is 79.1 cm³/mol. The molecule has 0 saturated heterocycles. The molecule has 0 aliphatic carbocycles. The summed E-state index contributed by atoms with van der Waals surface area (Å²) in [7, 11) is 2.17. The van der Waals surface area contributed by atoms with Crippen LogP contribution in [0.15, 0.2) is 6.07 Å². The van der Waals surface area contributed by atoms with Crippen LogP contribution >= 0.6 is 23.1 Å². The van der Waals surface area contributed by atoms with Crippen LogP contribution in [-0.4, -0.2) is 37.3 Å². The van der Waals surface area contributed by atoms with Gasteiger partial charge in [-0.15, -0.1) is 11.3 Å². The molecule has 0 fully saturated rings. The number of likely N-dealkylation sites (N-methyl/N-ethyl adjacent to an activating group) is 1. The Hall–Kier alpha value is -0.0300. The van der Waals surface area contributed by atoms with Gasteiger partial charge in [0.15, 0.2) is 0 Å². The van der Waals surface area contributed by atoms with E-state index in [0.717, 1.165) is 26.2 Å². The molecular formula is C13H22N2S2. The zero-order chi connectivity index (χ0) is 12.1. The largest absolute Gasteiger partial charge is 0.311 e. The summed E-state index contributed by atoms with van der Waals surface area (Å²) in [5, 5.41) is 3.54. The van der Waals surface area contributed by atoms with Crippen molar-refractivity contribution in [3.63, 3.8) is 0 Å². The number of nitrogens with zero attached hydrogens (tertiary/aromatic N) is 1. The van der Waals surface area contributed by atoms with Crippen LogP contribution in [0.5, 0.6) is 0 Å². The Kier molecular flexibility index (Phi) is 5.35. The van der Waals surface area contributed by atoms with Gasteiger partial charge in [0.2, 0.25) is 0 Å². The Morgan fingerprint density at radius 2 is 2.35 bits per heavy atom. The Morgan fingerprint density at radius 1 is 1.47 bits per heavy atom. The molecule has 0 atom stereocenters. The van der Waals surface area contributed by atoms with Gasteiger partial charge in [0.1, 0.15) is 0 Å². The highest BCUT2D eigenvalue weighted by Gasteiger charge is 2.13. The summed E-state index contributed by atoms with van der Waals surface area (Å²) >= 11 is 4.08. The number of nitrogens with one attached hydrogen (secondary N) is 1. The van der Waals surface area contributed by atoms with Gasteiger partial charge in [-0.25, -0.2) is 0 Å². The molecule has 2 nitrogen and oxygen atoms in total. The highest BCUT2D eigenvalue weighted by atomic mass is 32.2. The first-order valence-corrected chi connectivity index (χ1v) is 8.34. The maximum absolute atomic E-state index is 3.54. The normalized spacial score (nSPS) is 15.2. The summed E-state index contributed by atoms with van der Waals surface area (Å²) in [5.41, 5.74) is 1.59. The fourth-order valence-electron chi connectivity index (χ4n) is 1.94. The van der Waals surface area contributed by atoms with Crippen LogP contribution in [0.2, 0.25) is 0 Å². The maximum Gasteiger partial charge on any atom is 0.0300 e. The number of rotatable bonds is 6. The smallest absolute Gasteiger partial charge is 0.0300 e. The molecule has 0 radical (unpaired) electrons. The average Bonchev–Trinajstić information content (AvgIpc) is 2.76. The summed E-state index contributed by atoms with van der Waals surface area (Å²) in [6.07, 6.45) is 1.28. The van der Waals surface area contributed by atoms with Crippen LogP contribution in [0.4, 0.5) is 0 Å². The molecule has 96 valence electrons. The molecule has 2 rings (SSSR count). The van der Waals surface area contributed by atoms with Gasteiger partial charge < -0.3 is 10.2 Å². The quantitative estimate of drug-likeness (QED) is 0.800. The van der Waals surface area contributed by atoms with E-state index in [1.165, 1.54) is 22.8 Å². The second-order valence-electron chi connectivity index (χ2n) is 4.54. The van der Waals surface area contributed by atoms with Gasteiger partial charge in [-0.3, -0.25) is 0 Å². The third kappa shape index (κ3) is 3.98. The summed E-state index contributed by atoms with van der Waals surface area (Å²) < 4.78 is 0. The van der Waals surface area contributed by atoms with Crippen molar-refractivity contribution in [2.45, 2.75) is 25.6 Å². The Morgan fingerprint density at radius 3 is 3.12 bits per heavy atom. The van der Waals surface area contributed by atoms with Crippen LogP contribution in [0, 0.1) is 0 Å². The lowest BCUT2D eigenvalue weighted by molar-refractivity contribution is 0.349. The first kappa shape index (κ1) is 13.4. The van der Waals surface area contributed by atoms with Crippen molar-refractivity contribution >= 4 is 23.1 Å². The van der Waals surface area contributed by atoms with Crippen LogP contribution in [-0.2, 0) is 18.7 Å². The highest BCUT2D eigenvalue weighted by molar-refractivity contribution is 7.98. The minimum Gasteiger partial charge on any atom is -0.311 e. The molecule has 0 saturated carbocycles. The molecule has 0 aromatic carbocycles. The van der Waals surface area contributed by atoms with Crippen molar-refractivity contribution in [2.24, 2.45) is 0 Å². The van der Waals surface area contributed by atoms with Gasteiger partial charge in [-0.05, 0) is 37.4 Å². The topological polar surface area (TPSA) is 15.3 Å². The molecular weight excluding hydrogens is 248 g/mol. The van der Waals surface area contributed by atoms with Crippen molar-refractivity contribution in [3.8, 4) is 0 Å². The van der Waals surface area contributed by atoms with Crippen molar-refractivity contribution in [3.05, 3.63) is 21.4 Å². The summed E-state index contributed by atoms with van der Waals surface area (Å²) in [6.45, 7) is 6.59. The average molecular weight is 270 g/mol. The second-order valence-corrected chi connectivity index (χ2v) is 6.86. The van der Waals surface area contributed by atoms with E-state index < -0.39 is 0 Å².